The number of esters is 1. The zero-order valence-electron chi connectivity index (χ0n) is 13.8. The minimum atomic E-state index is -0.225. The van der Waals surface area contributed by atoms with Crippen LogP contribution in [0.15, 0.2) is 60.7 Å². The lowest BCUT2D eigenvalue weighted by Gasteiger charge is -2.25. The van der Waals surface area contributed by atoms with Crippen molar-refractivity contribution in [3.63, 3.8) is 0 Å². The van der Waals surface area contributed by atoms with E-state index in [9.17, 15) is 4.79 Å². The van der Waals surface area contributed by atoms with Crippen LogP contribution in [0, 0.1) is 5.92 Å². The summed E-state index contributed by atoms with van der Waals surface area (Å²) < 4.78 is 5.25. The second-order valence-corrected chi connectivity index (χ2v) is 6.91. The molecule has 4 atom stereocenters. The van der Waals surface area contributed by atoms with Gasteiger partial charge in [0, 0.05) is 13.1 Å². The average molecular weight is 336 g/mol. The maximum atomic E-state index is 12.3. The lowest BCUT2D eigenvalue weighted by Crippen LogP contribution is -2.41. The first kappa shape index (κ1) is 15.1. The van der Waals surface area contributed by atoms with Crippen LogP contribution in [0.5, 0.6) is 0 Å². The van der Waals surface area contributed by atoms with Gasteiger partial charge >= 0.3 is 5.97 Å². The molecule has 3 heterocycles. The third-order valence-electron chi connectivity index (χ3n) is 5.40. The van der Waals surface area contributed by atoms with Crippen molar-refractivity contribution in [1.29, 1.82) is 0 Å². The molecule has 0 saturated carbocycles. The maximum absolute atomic E-state index is 12.3. The summed E-state index contributed by atoms with van der Waals surface area (Å²) in [5.74, 6) is -0.360. The standard InChI is InChI=1S/C20H20N2O3/c23-20-18-17(13-24-20)25-22-16(15-9-5-2-6-10-15)12-21(19(18)22)11-14-7-3-1-4-8-14/h1-10,16-19H,11-13H2/t16-,17-,18+,19+/m0/s1. The number of nitrogens with zero attached hydrogens (tertiary/aromatic N) is 2. The van der Waals surface area contributed by atoms with Crippen LogP contribution >= 0.6 is 0 Å². The number of hydrogen-bond acceptors (Lipinski definition) is 5. The Morgan fingerprint density at radius 2 is 1.72 bits per heavy atom. The van der Waals surface area contributed by atoms with Crippen LogP contribution in [0.1, 0.15) is 17.2 Å². The molecule has 0 unspecified atom stereocenters. The highest BCUT2D eigenvalue weighted by atomic mass is 16.7. The van der Waals surface area contributed by atoms with Crippen molar-refractivity contribution >= 4 is 5.97 Å². The largest absolute Gasteiger partial charge is 0.462 e. The summed E-state index contributed by atoms with van der Waals surface area (Å²) >= 11 is 0. The summed E-state index contributed by atoms with van der Waals surface area (Å²) in [6.07, 6.45) is -0.229. The number of hydrogen-bond donors (Lipinski definition) is 0. The molecular weight excluding hydrogens is 316 g/mol. The molecule has 0 spiro atoms. The fourth-order valence-corrected chi connectivity index (χ4v) is 4.26. The van der Waals surface area contributed by atoms with Gasteiger partial charge in [-0.3, -0.25) is 14.5 Å². The summed E-state index contributed by atoms with van der Waals surface area (Å²) in [5, 5.41) is 2.04. The number of rotatable bonds is 3. The Morgan fingerprint density at radius 1 is 1.00 bits per heavy atom. The van der Waals surface area contributed by atoms with Gasteiger partial charge in [-0.25, -0.2) is 0 Å². The molecule has 0 aromatic heterocycles. The highest BCUT2D eigenvalue weighted by Gasteiger charge is 2.59. The van der Waals surface area contributed by atoms with E-state index in [0.29, 0.717) is 6.61 Å². The van der Waals surface area contributed by atoms with Crippen molar-refractivity contribution in [2.45, 2.75) is 24.9 Å². The lowest BCUT2D eigenvalue weighted by atomic mass is 10.0. The van der Waals surface area contributed by atoms with Crippen molar-refractivity contribution < 1.29 is 14.4 Å². The fourth-order valence-electron chi connectivity index (χ4n) is 4.26. The Balaban J connectivity index is 1.48. The summed E-state index contributed by atoms with van der Waals surface area (Å²) in [7, 11) is 0. The van der Waals surface area contributed by atoms with Gasteiger partial charge in [-0.15, -0.1) is 0 Å². The van der Waals surface area contributed by atoms with Crippen molar-refractivity contribution in [3.05, 3.63) is 71.8 Å². The minimum absolute atomic E-state index is 0.0644. The van der Waals surface area contributed by atoms with E-state index in [1.807, 2.05) is 17.2 Å². The van der Waals surface area contributed by atoms with E-state index in [4.69, 9.17) is 9.57 Å². The maximum Gasteiger partial charge on any atom is 0.314 e. The number of benzene rings is 2. The van der Waals surface area contributed by atoms with Crippen LogP contribution in [0.25, 0.3) is 0 Å². The first-order valence-corrected chi connectivity index (χ1v) is 8.76. The van der Waals surface area contributed by atoms with E-state index in [-0.39, 0.29) is 30.2 Å². The van der Waals surface area contributed by atoms with Crippen molar-refractivity contribution in [2.24, 2.45) is 5.92 Å². The zero-order chi connectivity index (χ0) is 16.8. The van der Waals surface area contributed by atoms with E-state index in [2.05, 4.69) is 53.4 Å². The number of hydroxylamine groups is 2. The third-order valence-corrected chi connectivity index (χ3v) is 5.40. The van der Waals surface area contributed by atoms with E-state index >= 15 is 0 Å². The van der Waals surface area contributed by atoms with E-state index in [1.165, 1.54) is 11.1 Å². The SMILES string of the molecule is O=C1OC[C@@H]2ON3[C@H]([C@H]12)N(Cc1ccccc1)C[C@H]3c1ccccc1. The molecule has 3 saturated heterocycles. The van der Waals surface area contributed by atoms with Gasteiger partial charge in [0.05, 0.1) is 6.04 Å². The molecular formula is C20H20N2O3. The summed E-state index contributed by atoms with van der Waals surface area (Å²) in [6.45, 7) is 1.99. The normalized spacial score (nSPS) is 31.8. The van der Waals surface area contributed by atoms with Crippen LogP contribution in [0.3, 0.4) is 0 Å². The molecule has 5 rings (SSSR count). The Morgan fingerprint density at radius 3 is 2.48 bits per heavy atom. The highest BCUT2D eigenvalue weighted by molar-refractivity contribution is 5.76. The number of ether oxygens (including phenoxy) is 1. The number of carbonyl (C=O) groups is 1. The average Bonchev–Trinajstić information content (AvgIpc) is 3.29. The Bertz CT molecular complexity index is 767. The number of cyclic esters (lactones) is 1. The van der Waals surface area contributed by atoms with Crippen molar-refractivity contribution in [1.82, 2.24) is 9.96 Å². The monoisotopic (exact) mass is 336 g/mol. The van der Waals surface area contributed by atoms with Crippen molar-refractivity contribution in [2.75, 3.05) is 13.2 Å². The molecule has 0 N–H and O–H groups in total. The molecule has 5 heteroatoms. The van der Waals surface area contributed by atoms with Gasteiger partial charge in [-0.1, -0.05) is 60.7 Å². The summed E-state index contributed by atoms with van der Waals surface area (Å²) in [6, 6.07) is 20.9. The second kappa shape index (κ2) is 5.95. The second-order valence-electron chi connectivity index (χ2n) is 6.91. The zero-order valence-corrected chi connectivity index (χ0v) is 13.8. The van der Waals surface area contributed by atoms with E-state index in [1.54, 1.807) is 0 Å². The molecule has 3 aliphatic rings. The first-order valence-electron chi connectivity index (χ1n) is 8.76. The van der Waals surface area contributed by atoms with E-state index in [0.717, 1.165) is 13.1 Å². The Kier molecular flexibility index (Phi) is 3.59. The number of fused-ring (bicyclic) bond motifs is 3. The van der Waals surface area contributed by atoms with Gasteiger partial charge in [0.1, 0.15) is 24.8 Å². The van der Waals surface area contributed by atoms with Crippen LogP contribution in [0.2, 0.25) is 0 Å². The summed E-state index contributed by atoms with van der Waals surface area (Å²) in [4.78, 5) is 20.8. The number of carbonyl (C=O) groups excluding carboxylic acids is 1. The molecule has 0 aliphatic carbocycles. The van der Waals surface area contributed by atoms with E-state index < -0.39 is 0 Å². The van der Waals surface area contributed by atoms with Crippen LogP contribution in [-0.4, -0.2) is 41.4 Å². The predicted octanol–water partition coefficient (Wildman–Crippen LogP) is 2.36. The predicted molar refractivity (Wildman–Crippen MR) is 91.0 cm³/mol. The quantitative estimate of drug-likeness (QED) is 0.805. The fraction of sp³-hybridized carbons (Fsp3) is 0.350. The van der Waals surface area contributed by atoms with Gasteiger partial charge in [-0.05, 0) is 11.1 Å². The summed E-state index contributed by atoms with van der Waals surface area (Å²) in [5.41, 5.74) is 2.46. The molecule has 2 aromatic rings. The Labute approximate surface area is 146 Å². The van der Waals surface area contributed by atoms with Crippen LogP contribution < -0.4 is 0 Å². The third kappa shape index (κ3) is 2.47. The molecule has 2 aromatic carbocycles. The van der Waals surface area contributed by atoms with Gasteiger partial charge in [0.15, 0.2) is 0 Å². The molecule has 0 bridgehead atoms. The van der Waals surface area contributed by atoms with Gasteiger partial charge in [-0.2, -0.15) is 5.06 Å². The molecule has 5 nitrogen and oxygen atoms in total. The smallest absolute Gasteiger partial charge is 0.314 e. The molecule has 25 heavy (non-hydrogen) atoms. The molecule has 3 fully saturated rings. The molecule has 0 radical (unpaired) electrons. The molecule has 0 amide bonds. The van der Waals surface area contributed by atoms with Gasteiger partial charge < -0.3 is 4.74 Å². The Hall–Kier alpha value is -2.21. The first-order chi connectivity index (χ1) is 12.3. The van der Waals surface area contributed by atoms with Crippen molar-refractivity contribution in [3.8, 4) is 0 Å². The van der Waals surface area contributed by atoms with Gasteiger partial charge in [0.2, 0.25) is 0 Å². The highest BCUT2D eigenvalue weighted by Crippen LogP contribution is 2.45. The molecule has 3 aliphatic heterocycles. The molecule has 128 valence electrons. The topological polar surface area (TPSA) is 42.0 Å². The van der Waals surface area contributed by atoms with Crippen LogP contribution in [-0.2, 0) is 20.9 Å². The van der Waals surface area contributed by atoms with Crippen LogP contribution in [0.4, 0.5) is 0 Å². The lowest BCUT2D eigenvalue weighted by molar-refractivity contribution is -0.188. The van der Waals surface area contributed by atoms with Gasteiger partial charge in [0.25, 0.3) is 0 Å². The minimum Gasteiger partial charge on any atom is -0.462 e.